The van der Waals surface area contributed by atoms with Crippen LogP contribution in [-0.4, -0.2) is 9.97 Å². The molecule has 6 heteroatoms. The van der Waals surface area contributed by atoms with E-state index in [0.29, 0.717) is 16.9 Å². The third kappa shape index (κ3) is 3.13. The largest absolute Gasteiger partial charge is 0.438 e. The lowest BCUT2D eigenvalue weighted by Gasteiger charge is -2.12. The molecular formula is C13H15ClN4O. The molecule has 0 radical (unpaired) electrons. The lowest BCUT2D eigenvalue weighted by Crippen LogP contribution is -2.11. The van der Waals surface area contributed by atoms with Crippen molar-refractivity contribution >= 4 is 17.5 Å². The minimum absolute atomic E-state index is 0.319. The van der Waals surface area contributed by atoms with Gasteiger partial charge in [-0.3, -0.25) is 5.43 Å². The second-order valence-electron chi connectivity index (χ2n) is 4.29. The Balaban J connectivity index is 2.39. The molecule has 3 N–H and O–H groups in total. The third-order valence-corrected chi connectivity index (χ3v) is 2.81. The van der Waals surface area contributed by atoms with Crippen molar-refractivity contribution in [3.8, 4) is 11.6 Å². The summed E-state index contributed by atoms with van der Waals surface area (Å²) < 4.78 is 5.81. The number of ether oxygens (including phenoxy) is 1. The molecule has 0 atom stereocenters. The number of hydrogen-bond donors (Lipinski definition) is 2. The Morgan fingerprint density at radius 1 is 1.11 bits per heavy atom. The first kappa shape index (κ1) is 13.6. The first-order valence-corrected chi connectivity index (χ1v) is 6.14. The molecule has 19 heavy (non-hydrogen) atoms. The van der Waals surface area contributed by atoms with E-state index in [1.165, 1.54) is 0 Å². The Labute approximate surface area is 116 Å². The molecule has 0 aliphatic heterocycles. The number of benzene rings is 1. The molecule has 0 bridgehead atoms. The normalized spacial score (nSPS) is 10.4. The number of hydrogen-bond acceptors (Lipinski definition) is 5. The number of nitrogens with zero attached hydrogens (tertiary/aromatic N) is 2. The fraction of sp³-hybridized carbons (Fsp3) is 0.231. The van der Waals surface area contributed by atoms with Gasteiger partial charge in [0, 0.05) is 16.8 Å². The number of anilines is 1. The zero-order chi connectivity index (χ0) is 14.0. The lowest BCUT2D eigenvalue weighted by atomic mass is 10.1. The summed E-state index contributed by atoms with van der Waals surface area (Å²) in [6.45, 7) is 5.71. The van der Waals surface area contributed by atoms with Gasteiger partial charge in [-0.15, -0.1) is 0 Å². The van der Waals surface area contributed by atoms with E-state index < -0.39 is 0 Å². The maximum absolute atomic E-state index is 5.99. The van der Waals surface area contributed by atoms with Gasteiger partial charge in [-0.25, -0.2) is 10.8 Å². The summed E-state index contributed by atoms with van der Waals surface area (Å²) in [5.74, 6) is 6.81. The monoisotopic (exact) mass is 278 g/mol. The Morgan fingerprint density at radius 2 is 1.74 bits per heavy atom. The smallest absolute Gasteiger partial charge is 0.240 e. The van der Waals surface area contributed by atoms with E-state index in [9.17, 15) is 0 Å². The first-order valence-electron chi connectivity index (χ1n) is 5.76. The highest BCUT2D eigenvalue weighted by atomic mass is 35.5. The van der Waals surface area contributed by atoms with Gasteiger partial charge in [-0.1, -0.05) is 11.6 Å². The van der Waals surface area contributed by atoms with Crippen LogP contribution in [0.2, 0.25) is 5.02 Å². The zero-order valence-electron chi connectivity index (χ0n) is 11.0. The van der Waals surface area contributed by atoms with Gasteiger partial charge in [0.1, 0.15) is 5.75 Å². The second kappa shape index (κ2) is 5.42. The number of nitrogen functional groups attached to an aromatic ring is 1. The topological polar surface area (TPSA) is 73.1 Å². The van der Waals surface area contributed by atoms with Gasteiger partial charge < -0.3 is 4.74 Å². The van der Waals surface area contributed by atoms with Crippen LogP contribution < -0.4 is 16.0 Å². The molecule has 0 spiro atoms. The highest BCUT2D eigenvalue weighted by Gasteiger charge is 2.09. The van der Waals surface area contributed by atoms with E-state index in [2.05, 4.69) is 15.4 Å². The molecule has 2 aromatic rings. The van der Waals surface area contributed by atoms with Crippen molar-refractivity contribution in [2.45, 2.75) is 20.8 Å². The molecule has 1 heterocycles. The number of nitrogens with one attached hydrogen (secondary N) is 1. The van der Waals surface area contributed by atoms with E-state index in [1.54, 1.807) is 6.07 Å². The molecule has 1 aromatic carbocycles. The van der Waals surface area contributed by atoms with Crippen LogP contribution in [0.25, 0.3) is 0 Å². The predicted molar refractivity (Wildman–Crippen MR) is 75.6 cm³/mol. The predicted octanol–water partition coefficient (Wildman–Crippen LogP) is 3.13. The minimum atomic E-state index is 0.319. The number of nitrogens with two attached hydrogens (primary N) is 1. The van der Waals surface area contributed by atoms with Crippen LogP contribution in [0.4, 0.5) is 5.95 Å². The quantitative estimate of drug-likeness (QED) is 0.666. The number of rotatable bonds is 3. The molecule has 0 saturated carbocycles. The van der Waals surface area contributed by atoms with Crippen molar-refractivity contribution in [2.75, 3.05) is 5.43 Å². The molecule has 100 valence electrons. The van der Waals surface area contributed by atoms with E-state index >= 15 is 0 Å². The molecule has 0 unspecified atom stereocenters. The van der Waals surface area contributed by atoms with Crippen LogP contribution in [0.15, 0.2) is 18.2 Å². The van der Waals surface area contributed by atoms with E-state index in [-0.39, 0.29) is 0 Å². The van der Waals surface area contributed by atoms with Crippen LogP contribution in [-0.2, 0) is 0 Å². The molecule has 2 rings (SSSR count). The van der Waals surface area contributed by atoms with Crippen molar-refractivity contribution in [3.05, 3.63) is 40.0 Å². The Kier molecular flexibility index (Phi) is 3.87. The van der Waals surface area contributed by atoms with Gasteiger partial charge in [0.15, 0.2) is 0 Å². The molecule has 5 nitrogen and oxygen atoms in total. The fourth-order valence-corrected chi connectivity index (χ4v) is 2.15. The molecule has 1 aromatic heterocycles. The fourth-order valence-electron chi connectivity index (χ4n) is 1.82. The minimum Gasteiger partial charge on any atom is -0.438 e. The SMILES string of the molecule is Cc1cc(Oc2c(C)cc(Cl)cc2C)nc(NN)n1. The number of hydrazine groups is 1. The number of halogens is 1. The average molecular weight is 279 g/mol. The molecule has 0 fully saturated rings. The maximum atomic E-state index is 5.99. The molecule has 0 aliphatic rings. The summed E-state index contributed by atoms with van der Waals surface area (Å²) >= 11 is 5.99. The molecule has 0 saturated heterocycles. The Bertz CT molecular complexity index is 593. The van der Waals surface area contributed by atoms with Gasteiger partial charge in [-0.2, -0.15) is 4.98 Å². The maximum Gasteiger partial charge on any atom is 0.240 e. The summed E-state index contributed by atoms with van der Waals surface area (Å²) in [6.07, 6.45) is 0. The van der Waals surface area contributed by atoms with Crippen molar-refractivity contribution < 1.29 is 4.74 Å². The standard InChI is InChI=1S/C13H15ClN4O/c1-7-4-10(14)5-8(2)12(7)19-11-6-9(3)16-13(17-11)18-15/h4-6H,15H2,1-3H3,(H,16,17,18). The summed E-state index contributed by atoms with van der Waals surface area (Å²) in [5, 5.41) is 0.686. The van der Waals surface area contributed by atoms with Gasteiger partial charge in [-0.05, 0) is 44.0 Å². The highest BCUT2D eigenvalue weighted by molar-refractivity contribution is 6.30. The van der Waals surface area contributed by atoms with Gasteiger partial charge >= 0.3 is 0 Å². The summed E-state index contributed by atoms with van der Waals surface area (Å²) in [5.41, 5.74) is 5.07. The summed E-state index contributed by atoms with van der Waals surface area (Å²) in [6, 6.07) is 5.44. The second-order valence-corrected chi connectivity index (χ2v) is 4.72. The van der Waals surface area contributed by atoms with E-state index in [1.807, 2.05) is 32.9 Å². The summed E-state index contributed by atoms with van der Waals surface area (Å²) in [7, 11) is 0. The van der Waals surface area contributed by atoms with Crippen LogP contribution in [0.3, 0.4) is 0 Å². The molecule has 0 amide bonds. The summed E-state index contributed by atoms with van der Waals surface area (Å²) in [4.78, 5) is 8.25. The number of aromatic nitrogens is 2. The lowest BCUT2D eigenvalue weighted by molar-refractivity contribution is 0.455. The third-order valence-electron chi connectivity index (χ3n) is 2.59. The van der Waals surface area contributed by atoms with Gasteiger partial charge in [0.25, 0.3) is 0 Å². The highest BCUT2D eigenvalue weighted by Crippen LogP contribution is 2.30. The van der Waals surface area contributed by atoms with Crippen molar-refractivity contribution in [1.29, 1.82) is 0 Å². The van der Waals surface area contributed by atoms with Crippen LogP contribution in [0, 0.1) is 20.8 Å². The average Bonchev–Trinajstić information content (AvgIpc) is 2.33. The molecular weight excluding hydrogens is 264 g/mol. The number of aryl methyl sites for hydroxylation is 3. The van der Waals surface area contributed by atoms with Crippen molar-refractivity contribution in [1.82, 2.24) is 9.97 Å². The van der Waals surface area contributed by atoms with Crippen LogP contribution in [0.1, 0.15) is 16.8 Å². The molecule has 0 aliphatic carbocycles. The Morgan fingerprint density at radius 3 is 2.32 bits per heavy atom. The Hall–Kier alpha value is -1.85. The zero-order valence-corrected chi connectivity index (χ0v) is 11.7. The van der Waals surface area contributed by atoms with Crippen LogP contribution in [0.5, 0.6) is 11.6 Å². The first-order chi connectivity index (χ1) is 8.99. The van der Waals surface area contributed by atoms with Gasteiger partial charge in [0.05, 0.1) is 0 Å². The van der Waals surface area contributed by atoms with Crippen molar-refractivity contribution in [2.24, 2.45) is 5.84 Å². The van der Waals surface area contributed by atoms with Crippen molar-refractivity contribution in [3.63, 3.8) is 0 Å². The van der Waals surface area contributed by atoms with Crippen LogP contribution >= 0.6 is 11.6 Å². The van der Waals surface area contributed by atoms with Gasteiger partial charge in [0.2, 0.25) is 11.8 Å². The van der Waals surface area contributed by atoms with E-state index in [4.69, 9.17) is 22.2 Å². The van der Waals surface area contributed by atoms with E-state index in [0.717, 1.165) is 22.6 Å².